The third-order valence-electron chi connectivity index (χ3n) is 5.42. The number of aromatic nitrogens is 3. The normalized spacial score (nSPS) is 18.5. The van der Waals surface area contributed by atoms with Gasteiger partial charge in [0.2, 0.25) is 10.0 Å². The molecule has 1 aliphatic rings. The molecule has 0 atom stereocenters. The van der Waals surface area contributed by atoms with Gasteiger partial charge >= 0.3 is 0 Å². The molecule has 9 nitrogen and oxygen atoms in total. The number of nitrogens with one attached hydrogen (secondary N) is 4. The Balaban J connectivity index is 1.59. The van der Waals surface area contributed by atoms with Gasteiger partial charge in [-0.2, -0.15) is 0 Å². The van der Waals surface area contributed by atoms with Crippen molar-refractivity contribution in [3.63, 3.8) is 0 Å². The molecule has 3 aromatic rings. The number of pyridine rings is 2. The molecule has 3 heterocycles. The van der Waals surface area contributed by atoms with Crippen LogP contribution >= 0.6 is 0 Å². The van der Waals surface area contributed by atoms with Crippen molar-refractivity contribution in [1.82, 2.24) is 25.0 Å². The molecular formula is C21H26N6O3S. The van der Waals surface area contributed by atoms with E-state index in [4.69, 9.17) is 0 Å². The molecule has 3 aromatic heterocycles. The molecule has 10 heteroatoms. The number of amides is 1. The predicted octanol–water partition coefficient (Wildman–Crippen LogP) is 2.26. The first kappa shape index (κ1) is 21.3. The zero-order valence-corrected chi connectivity index (χ0v) is 18.3. The molecule has 0 aromatic carbocycles. The Kier molecular flexibility index (Phi) is 5.92. The van der Waals surface area contributed by atoms with Crippen LogP contribution in [0.25, 0.3) is 22.3 Å². The van der Waals surface area contributed by atoms with Gasteiger partial charge in [0.15, 0.2) is 0 Å². The zero-order valence-electron chi connectivity index (χ0n) is 17.5. The highest BCUT2D eigenvalue weighted by molar-refractivity contribution is 7.89. The van der Waals surface area contributed by atoms with E-state index in [2.05, 4.69) is 30.3 Å². The summed E-state index contributed by atoms with van der Waals surface area (Å²) in [5, 5.41) is 7.09. The molecule has 0 unspecified atom stereocenters. The molecule has 0 saturated heterocycles. The first-order valence-corrected chi connectivity index (χ1v) is 12.0. The standard InChI is InChI=1S/C21H26N6O3S/c1-3-8-31(29,30)27-15-10-14(11-15)26-19-16-5-7-24-20(16)25-12-17(19)18-9-13(4-6-23-18)21(28)22-2/h4-7,9,12,14-15,27H,3,8,10-11H2,1-2H3,(H,22,28)(H2,24,25,26). The summed E-state index contributed by atoms with van der Waals surface area (Å²) in [4.78, 5) is 24.1. The van der Waals surface area contributed by atoms with Crippen molar-refractivity contribution in [2.24, 2.45) is 0 Å². The van der Waals surface area contributed by atoms with Crippen LogP contribution in [-0.2, 0) is 10.0 Å². The zero-order chi connectivity index (χ0) is 22.0. The van der Waals surface area contributed by atoms with Gasteiger partial charge in [0.1, 0.15) is 5.65 Å². The predicted molar refractivity (Wildman–Crippen MR) is 120 cm³/mol. The van der Waals surface area contributed by atoms with Gasteiger partial charge < -0.3 is 15.6 Å². The summed E-state index contributed by atoms with van der Waals surface area (Å²) in [5.74, 6) is -0.0389. The largest absolute Gasteiger partial charge is 0.381 e. The third-order valence-corrected chi connectivity index (χ3v) is 7.06. The van der Waals surface area contributed by atoms with E-state index in [1.807, 2.05) is 19.2 Å². The minimum Gasteiger partial charge on any atom is -0.381 e. The van der Waals surface area contributed by atoms with Crippen LogP contribution in [0.5, 0.6) is 0 Å². The van der Waals surface area contributed by atoms with Gasteiger partial charge in [0, 0.05) is 54.2 Å². The fourth-order valence-electron chi connectivity index (χ4n) is 3.84. The van der Waals surface area contributed by atoms with Gasteiger partial charge in [-0.3, -0.25) is 9.78 Å². The summed E-state index contributed by atoms with van der Waals surface area (Å²) in [6.07, 6.45) is 7.15. The van der Waals surface area contributed by atoms with E-state index in [0.717, 1.165) is 22.3 Å². The summed E-state index contributed by atoms with van der Waals surface area (Å²) < 4.78 is 26.8. The van der Waals surface area contributed by atoms with Crippen molar-refractivity contribution < 1.29 is 13.2 Å². The van der Waals surface area contributed by atoms with Crippen LogP contribution in [-0.4, -0.2) is 54.2 Å². The first-order valence-electron chi connectivity index (χ1n) is 10.3. The number of hydrogen-bond donors (Lipinski definition) is 4. The van der Waals surface area contributed by atoms with E-state index in [1.54, 1.807) is 31.6 Å². The average molecular weight is 443 g/mol. The Morgan fingerprint density at radius 3 is 2.77 bits per heavy atom. The molecule has 1 aliphatic carbocycles. The minimum atomic E-state index is -3.22. The molecule has 164 valence electrons. The Hall–Kier alpha value is -2.98. The molecule has 4 N–H and O–H groups in total. The maximum atomic E-state index is 12.1. The molecule has 1 fully saturated rings. The lowest BCUT2D eigenvalue weighted by atomic mass is 9.87. The summed E-state index contributed by atoms with van der Waals surface area (Å²) in [6, 6.07) is 5.40. The average Bonchev–Trinajstić information content (AvgIpc) is 3.20. The number of sulfonamides is 1. The number of anilines is 1. The number of H-pyrrole nitrogens is 1. The smallest absolute Gasteiger partial charge is 0.251 e. The van der Waals surface area contributed by atoms with Gasteiger partial charge in [-0.15, -0.1) is 0 Å². The van der Waals surface area contributed by atoms with Crippen LogP contribution in [0.4, 0.5) is 5.69 Å². The van der Waals surface area contributed by atoms with Crippen LogP contribution in [0.1, 0.15) is 36.5 Å². The Morgan fingerprint density at radius 1 is 1.23 bits per heavy atom. The highest BCUT2D eigenvalue weighted by Gasteiger charge is 2.32. The molecule has 4 rings (SSSR count). The maximum absolute atomic E-state index is 12.1. The van der Waals surface area contributed by atoms with E-state index in [9.17, 15) is 13.2 Å². The van der Waals surface area contributed by atoms with E-state index >= 15 is 0 Å². The van der Waals surface area contributed by atoms with Crippen molar-refractivity contribution in [3.8, 4) is 11.3 Å². The number of rotatable bonds is 8. The van der Waals surface area contributed by atoms with E-state index < -0.39 is 10.0 Å². The number of hydrogen-bond acceptors (Lipinski definition) is 6. The monoisotopic (exact) mass is 442 g/mol. The number of fused-ring (bicyclic) bond motifs is 1. The maximum Gasteiger partial charge on any atom is 0.251 e. The second kappa shape index (κ2) is 8.64. The van der Waals surface area contributed by atoms with Gasteiger partial charge in [0.05, 0.1) is 17.1 Å². The van der Waals surface area contributed by atoms with Gasteiger partial charge in [-0.25, -0.2) is 18.1 Å². The lowest BCUT2D eigenvalue weighted by molar-refractivity contribution is 0.0963. The number of carbonyl (C=O) groups is 1. The second-order valence-corrected chi connectivity index (χ2v) is 9.62. The van der Waals surface area contributed by atoms with Crippen molar-refractivity contribution in [1.29, 1.82) is 0 Å². The van der Waals surface area contributed by atoms with Crippen LogP contribution in [0.3, 0.4) is 0 Å². The first-order chi connectivity index (χ1) is 14.9. The Labute approximate surface area is 181 Å². The Bertz CT molecular complexity index is 1200. The van der Waals surface area contributed by atoms with E-state index in [0.29, 0.717) is 30.5 Å². The SMILES string of the molecule is CCCS(=O)(=O)NC1CC(Nc2c(-c3cc(C(=O)NC)ccn3)cnc3[nH]ccc23)C1. The number of carbonyl (C=O) groups excluding carboxylic acids is 1. The summed E-state index contributed by atoms with van der Waals surface area (Å²) >= 11 is 0. The second-order valence-electron chi connectivity index (χ2n) is 7.74. The number of aromatic amines is 1. The molecular weight excluding hydrogens is 416 g/mol. The lowest BCUT2D eigenvalue weighted by Gasteiger charge is -2.37. The fraction of sp³-hybridized carbons (Fsp3) is 0.381. The van der Waals surface area contributed by atoms with Crippen molar-refractivity contribution >= 4 is 32.7 Å². The number of nitrogens with zero attached hydrogens (tertiary/aromatic N) is 2. The minimum absolute atomic E-state index is 0.0595. The quantitative estimate of drug-likeness (QED) is 0.424. The summed E-state index contributed by atoms with van der Waals surface area (Å²) in [5.41, 5.74) is 3.55. The van der Waals surface area contributed by atoms with Gasteiger partial charge in [0.25, 0.3) is 5.91 Å². The van der Waals surface area contributed by atoms with Crippen LogP contribution < -0.4 is 15.4 Å². The molecule has 31 heavy (non-hydrogen) atoms. The van der Waals surface area contributed by atoms with Gasteiger partial charge in [-0.1, -0.05) is 6.92 Å². The topological polar surface area (TPSA) is 129 Å². The molecule has 1 saturated carbocycles. The van der Waals surface area contributed by atoms with E-state index in [1.165, 1.54) is 0 Å². The molecule has 1 amide bonds. The van der Waals surface area contributed by atoms with E-state index in [-0.39, 0.29) is 23.7 Å². The lowest BCUT2D eigenvalue weighted by Crippen LogP contribution is -2.50. The highest BCUT2D eigenvalue weighted by atomic mass is 32.2. The van der Waals surface area contributed by atoms with Crippen molar-refractivity contribution in [2.45, 2.75) is 38.3 Å². The summed E-state index contributed by atoms with van der Waals surface area (Å²) in [6.45, 7) is 1.85. The molecule has 0 bridgehead atoms. The van der Waals surface area contributed by atoms with Crippen molar-refractivity contribution in [2.75, 3.05) is 18.1 Å². The molecule has 0 aliphatic heterocycles. The molecule has 0 spiro atoms. The third kappa shape index (κ3) is 4.54. The fourth-order valence-corrected chi connectivity index (χ4v) is 5.19. The Morgan fingerprint density at radius 2 is 2.03 bits per heavy atom. The van der Waals surface area contributed by atoms with Crippen LogP contribution in [0.2, 0.25) is 0 Å². The van der Waals surface area contributed by atoms with Gasteiger partial charge in [-0.05, 0) is 37.5 Å². The van der Waals surface area contributed by atoms with Crippen molar-refractivity contribution in [3.05, 3.63) is 42.4 Å². The van der Waals surface area contributed by atoms with Crippen LogP contribution in [0, 0.1) is 0 Å². The van der Waals surface area contributed by atoms with Crippen LogP contribution in [0.15, 0.2) is 36.8 Å². The highest BCUT2D eigenvalue weighted by Crippen LogP contribution is 2.36. The summed E-state index contributed by atoms with van der Waals surface area (Å²) in [7, 11) is -1.63. The molecule has 0 radical (unpaired) electrons.